The van der Waals surface area contributed by atoms with Crippen molar-refractivity contribution < 1.29 is 9.90 Å². The van der Waals surface area contributed by atoms with Gasteiger partial charge in [0.1, 0.15) is 0 Å². The van der Waals surface area contributed by atoms with Crippen molar-refractivity contribution in [2.75, 3.05) is 0 Å². The fourth-order valence-corrected chi connectivity index (χ4v) is 2.27. The summed E-state index contributed by atoms with van der Waals surface area (Å²) in [7, 11) is 0. The van der Waals surface area contributed by atoms with Crippen LogP contribution in [0.15, 0.2) is 35.8 Å². The van der Waals surface area contributed by atoms with E-state index in [1.54, 1.807) is 17.5 Å². The van der Waals surface area contributed by atoms with E-state index in [0.29, 0.717) is 6.42 Å². The summed E-state index contributed by atoms with van der Waals surface area (Å²) in [6, 6.07) is 7.74. The monoisotopic (exact) mass is 233 g/mol. The minimum Gasteiger partial charge on any atom is -0.481 e. The molecule has 0 atom stereocenters. The standard InChI is InChI=1S/C12H11NO2S/c14-11(15)6-5-9-3-1-7-13-12(9)10-4-2-8-16-10/h1-4,7-8H,5-6H2,(H,14,15). The summed E-state index contributed by atoms with van der Waals surface area (Å²) in [5, 5.41) is 10.7. The number of rotatable bonds is 4. The van der Waals surface area contributed by atoms with Gasteiger partial charge >= 0.3 is 5.97 Å². The van der Waals surface area contributed by atoms with Crippen LogP contribution in [0.25, 0.3) is 10.6 Å². The van der Waals surface area contributed by atoms with Gasteiger partial charge in [0.2, 0.25) is 0 Å². The second-order valence-electron chi connectivity index (χ2n) is 3.38. The first-order valence-electron chi connectivity index (χ1n) is 4.97. The highest BCUT2D eigenvalue weighted by Crippen LogP contribution is 2.26. The number of hydrogen-bond donors (Lipinski definition) is 1. The third-order valence-corrected chi connectivity index (χ3v) is 3.13. The van der Waals surface area contributed by atoms with Crippen LogP contribution in [-0.2, 0) is 11.2 Å². The molecule has 0 saturated carbocycles. The molecule has 16 heavy (non-hydrogen) atoms. The molecule has 1 N–H and O–H groups in total. The van der Waals surface area contributed by atoms with Crippen LogP contribution in [0.2, 0.25) is 0 Å². The summed E-state index contributed by atoms with van der Waals surface area (Å²) in [6.45, 7) is 0. The van der Waals surface area contributed by atoms with Crippen LogP contribution in [0.4, 0.5) is 0 Å². The van der Waals surface area contributed by atoms with E-state index in [2.05, 4.69) is 4.98 Å². The van der Waals surface area contributed by atoms with Crippen molar-refractivity contribution in [3.63, 3.8) is 0 Å². The number of pyridine rings is 1. The SMILES string of the molecule is O=C(O)CCc1cccnc1-c1cccs1. The van der Waals surface area contributed by atoms with Crippen LogP contribution in [0.3, 0.4) is 0 Å². The summed E-state index contributed by atoms with van der Waals surface area (Å²) in [4.78, 5) is 16.0. The van der Waals surface area contributed by atoms with Gasteiger partial charge in [0, 0.05) is 12.6 Å². The molecule has 2 aromatic heterocycles. The molecule has 0 spiro atoms. The summed E-state index contributed by atoms with van der Waals surface area (Å²) >= 11 is 1.61. The highest BCUT2D eigenvalue weighted by molar-refractivity contribution is 7.13. The van der Waals surface area contributed by atoms with E-state index in [-0.39, 0.29) is 6.42 Å². The summed E-state index contributed by atoms with van der Waals surface area (Å²) in [5.41, 5.74) is 1.89. The molecule has 3 nitrogen and oxygen atoms in total. The normalized spacial score (nSPS) is 10.2. The van der Waals surface area contributed by atoms with Crippen LogP contribution in [0.5, 0.6) is 0 Å². The zero-order chi connectivity index (χ0) is 11.4. The summed E-state index contributed by atoms with van der Waals surface area (Å²) in [5.74, 6) is -0.777. The molecule has 0 fully saturated rings. The maximum Gasteiger partial charge on any atom is 0.303 e. The number of thiophene rings is 1. The van der Waals surface area contributed by atoms with Crippen molar-refractivity contribution >= 4 is 17.3 Å². The van der Waals surface area contributed by atoms with Crippen molar-refractivity contribution in [3.05, 3.63) is 41.4 Å². The molecule has 0 bridgehead atoms. The van der Waals surface area contributed by atoms with E-state index >= 15 is 0 Å². The number of hydrogen-bond acceptors (Lipinski definition) is 3. The number of aliphatic carboxylic acids is 1. The largest absolute Gasteiger partial charge is 0.481 e. The molecular weight excluding hydrogens is 222 g/mol. The zero-order valence-corrected chi connectivity index (χ0v) is 9.41. The molecule has 0 saturated heterocycles. The molecule has 0 aliphatic rings. The molecule has 4 heteroatoms. The highest BCUT2D eigenvalue weighted by Gasteiger charge is 2.08. The van der Waals surface area contributed by atoms with Gasteiger partial charge < -0.3 is 5.11 Å². The fourth-order valence-electron chi connectivity index (χ4n) is 1.52. The molecule has 2 heterocycles. The lowest BCUT2D eigenvalue weighted by molar-refractivity contribution is -0.136. The predicted molar refractivity (Wildman–Crippen MR) is 63.5 cm³/mol. The molecule has 0 radical (unpaired) electrons. The van der Waals surface area contributed by atoms with Crippen LogP contribution in [-0.4, -0.2) is 16.1 Å². The predicted octanol–water partition coefficient (Wildman–Crippen LogP) is 2.83. The topological polar surface area (TPSA) is 50.2 Å². The molecule has 0 aliphatic carbocycles. The second kappa shape index (κ2) is 4.90. The number of aromatic nitrogens is 1. The van der Waals surface area contributed by atoms with Crippen LogP contribution in [0.1, 0.15) is 12.0 Å². The molecule has 0 unspecified atom stereocenters. The summed E-state index contributed by atoms with van der Waals surface area (Å²) in [6.07, 6.45) is 2.40. The molecule has 82 valence electrons. The minimum absolute atomic E-state index is 0.143. The van der Waals surface area contributed by atoms with Gasteiger partial charge in [-0.3, -0.25) is 9.78 Å². The number of nitrogens with zero attached hydrogens (tertiary/aromatic N) is 1. The van der Waals surface area contributed by atoms with Gasteiger partial charge in [-0.15, -0.1) is 11.3 Å². The maximum absolute atomic E-state index is 10.6. The van der Waals surface area contributed by atoms with E-state index in [9.17, 15) is 4.79 Å². The maximum atomic E-state index is 10.6. The van der Waals surface area contributed by atoms with Crippen molar-refractivity contribution in [3.8, 4) is 10.6 Å². The van der Waals surface area contributed by atoms with Crippen LogP contribution in [0, 0.1) is 0 Å². The minimum atomic E-state index is -0.777. The van der Waals surface area contributed by atoms with Gasteiger partial charge in [-0.05, 0) is 29.5 Å². The van der Waals surface area contributed by atoms with Gasteiger partial charge in [-0.1, -0.05) is 12.1 Å². The lowest BCUT2D eigenvalue weighted by Gasteiger charge is -2.04. The average molecular weight is 233 g/mol. The zero-order valence-electron chi connectivity index (χ0n) is 8.59. The van der Waals surface area contributed by atoms with Gasteiger partial charge in [0.25, 0.3) is 0 Å². The number of aryl methyl sites for hydroxylation is 1. The quantitative estimate of drug-likeness (QED) is 0.883. The average Bonchev–Trinajstić information content (AvgIpc) is 2.80. The Hall–Kier alpha value is -1.68. The van der Waals surface area contributed by atoms with E-state index in [1.807, 2.05) is 29.6 Å². The number of carboxylic acids is 1. The van der Waals surface area contributed by atoms with Crippen LogP contribution < -0.4 is 0 Å². The summed E-state index contributed by atoms with van der Waals surface area (Å²) < 4.78 is 0. The molecule has 2 rings (SSSR count). The van der Waals surface area contributed by atoms with Crippen molar-refractivity contribution in [1.82, 2.24) is 4.98 Å². The third-order valence-electron chi connectivity index (χ3n) is 2.25. The number of carboxylic acid groups (broad SMARTS) is 1. The molecule has 0 aromatic carbocycles. The van der Waals surface area contributed by atoms with Crippen molar-refractivity contribution in [2.45, 2.75) is 12.8 Å². The highest BCUT2D eigenvalue weighted by atomic mass is 32.1. The lowest BCUT2D eigenvalue weighted by Crippen LogP contribution is -1.99. The first-order valence-corrected chi connectivity index (χ1v) is 5.85. The smallest absolute Gasteiger partial charge is 0.303 e. The van der Waals surface area contributed by atoms with Crippen molar-refractivity contribution in [2.24, 2.45) is 0 Å². The van der Waals surface area contributed by atoms with Gasteiger partial charge in [-0.25, -0.2) is 0 Å². The fraction of sp³-hybridized carbons (Fsp3) is 0.167. The third kappa shape index (κ3) is 2.46. The molecule has 0 amide bonds. The van der Waals surface area contributed by atoms with Crippen molar-refractivity contribution in [1.29, 1.82) is 0 Å². The van der Waals surface area contributed by atoms with Gasteiger partial charge in [-0.2, -0.15) is 0 Å². The molecule has 0 aliphatic heterocycles. The van der Waals surface area contributed by atoms with E-state index < -0.39 is 5.97 Å². The van der Waals surface area contributed by atoms with E-state index in [1.165, 1.54) is 0 Å². The number of carbonyl (C=O) groups is 1. The van der Waals surface area contributed by atoms with Gasteiger partial charge in [0.05, 0.1) is 10.6 Å². The first-order chi connectivity index (χ1) is 7.77. The first kappa shape index (κ1) is 10.8. The Morgan fingerprint density at radius 1 is 1.38 bits per heavy atom. The van der Waals surface area contributed by atoms with E-state index in [4.69, 9.17) is 5.11 Å². The molecular formula is C12H11NO2S. The lowest BCUT2D eigenvalue weighted by atomic mass is 10.1. The Balaban J connectivity index is 2.27. The Morgan fingerprint density at radius 2 is 2.25 bits per heavy atom. The van der Waals surface area contributed by atoms with Crippen LogP contribution >= 0.6 is 11.3 Å². The Kier molecular flexibility index (Phi) is 3.31. The second-order valence-corrected chi connectivity index (χ2v) is 4.33. The molecule has 2 aromatic rings. The van der Waals surface area contributed by atoms with Gasteiger partial charge in [0.15, 0.2) is 0 Å². The Bertz CT molecular complexity index is 480. The Labute approximate surface area is 97.4 Å². The van der Waals surface area contributed by atoms with E-state index in [0.717, 1.165) is 16.1 Å². The Morgan fingerprint density at radius 3 is 2.94 bits per heavy atom.